The first kappa shape index (κ1) is 26.5. The minimum absolute atomic E-state index is 0.743. The van der Waals surface area contributed by atoms with E-state index >= 15 is 0 Å². The van der Waals surface area contributed by atoms with Crippen molar-refractivity contribution in [3.05, 3.63) is 126 Å². The Labute approximate surface area is 251 Å². The first-order valence-electron chi connectivity index (χ1n) is 14.4. The fraction of sp³-hybridized carbons (Fsp3) is 0.135. The van der Waals surface area contributed by atoms with Gasteiger partial charge in [-0.25, -0.2) is 9.67 Å². The Kier molecular flexibility index (Phi) is 6.47. The molecule has 0 radical (unpaired) electrons. The first-order chi connectivity index (χ1) is 20.9. The largest absolute Gasteiger partial charge is 0.457 e. The van der Waals surface area contributed by atoms with E-state index in [4.69, 9.17) is 14.8 Å². The van der Waals surface area contributed by atoms with E-state index in [0.29, 0.717) is 0 Å². The van der Waals surface area contributed by atoms with Gasteiger partial charge in [0, 0.05) is 60.6 Å². The van der Waals surface area contributed by atoms with Crippen molar-refractivity contribution in [1.29, 1.82) is 0 Å². The van der Waals surface area contributed by atoms with Crippen LogP contribution < -0.4 is 9.64 Å². The van der Waals surface area contributed by atoms with E-state index in [1.165, 1.54) is 27.8 Å². The summed E-state index contributed by atoms with van der Waals surface area (Å²) in [6.45, 7) is 6.41. The topological polar surface area (TPSA) is 48.1 Å². The Morgan fingerprint density at radius 3 is 2.28 bits per heavy atom. The highest BCUT2D eigenvalue weighted by Crippen LogP contribution is 2.36. The predicted molar refractivity (Wildman–Crippen MR) is 176 cm³/mol. The second-order valence-corrected chi connectivity index (χ2v) is 11.3. The second kappa shape index (κ2) is 10.5. The molecule has 0 fully saturated rings. The molecular weight excluding hydrogens is 530 g/mol. The molecule has 0 aliphatic carbocycles. The summed E-state index contributed by atoms with van der Waals surface area (Å²) in [6, 6.07) is 31.3. The average Bonchev–Trinajstić information content (AvgIpc) is 3.60. The van der Waals surface area contributed by atoms with Crippen LogP contribution in [0.3, 0.4) is 0 Å². The molecule has 6 nitrogen and oxygen atoms in total. The van der Waals surface area contributed by atoms with Gasteiger partial charge in [0.1, 0.15) is 17.3 Å². The molecular formula is C37H33N5O. The highest BCUT2D eigenvalue weighted by Gasteiger charge is 2.15. The summed E-state index contributed by atoms with van der Waals surface area (Å²) in [7, 11) is 4.14. The van der Waals surface area contributed by atoms with Crippen LogP contribution in [0.5, 0.6) is 11.5 Å². The molecule has 3 aromatic heterocycles. The minimum atomic E-state index is 0.743. The number of para-hydroxylation sites is 1. The normalized spacial score (nSPS) is 11.4. The highest BCUT2D eigenvalue weighted by molar-refractivity contribution is 6.09. The molecule has 7 rings (SSSR count). The molecule has 7 aromatic rings. The van der Waals surface area contributed by atoms with Gasteiger partial charge >= 0.3 is 0 Å². The molecule has 0 aliphatic heterocycles. The van der Waals surface area contributed by atoms with Crippen LogP contribution in [-0.4, -0.2) is 33.4 Å². The summed E-state index contributed by atoms with van der Waals surface area (Å²) in [5.74, 6) is 2.39. The third-order valence-electron chi connectivity index (χ3n) is 8.00. The number of fused-ring (bicyclic) bond motifs is 3. The Balaban J connectivity index is 1.23. The van der Waals surface area contributed by atoms with Crippen molar-refractivity contribution >= 4 is 27.5 Å². The fourth-order valence-corrected chi connectivity index (χ4v) is 5.98. The summed E-state index contributed by atoms with van der Waals surface area (Å²) < 4.78 is 10.6. The summed E-state index contributed by atoms with van der Waals surface area (Å²) >= 11 is 0. The van der Waals surface area contributed by atoms with Crippen LogP contribution in [0.25, 0.3) is 44.4 Å². The van der Waals surface area contributed by atoms with Gasteiger partial charge in [0.2, 0.25) is 0 Å². The van der Waals surface area contributed by atoms with Gasteiger partial charge in [0.05, 0.1) is 22.9 Å². The van der Waals surface area contributed by atoms with E-state index in [1.807, 2.05) is 53.5 Å². The van der Waals surface area contributed by atoms with Crippen LogP contribution in [0.2, 0.25) is 0 Å². The molecule has 0 atom stereocenters. The van der Waals surface area contributed by atoms with Gasteiger partial charge in [-0.1, -0.05) is 24.3 Å². The highest BCUT2D eigenvalue weighted by atomic mass is 16.5. The summed E-state index contributed by atoms with van der Waals surface area (Å²) in [5.41, 5.74) is 10.2. The fourth-order valence-electron chi connectivity index (χ4n) is 5.98. The molecule has 4 aromatic carbocycles. The number of aromatic nitrogens is 4. The predicted octanol–water partition coefficient (Wildman–Crippen LogP) is 8.81. The number of hydrogen-bond donors (Lipinski definition) is 0. The average molecular weight is 564 g/mol. The molecule has 0 spiro atoms. The summed E-state index contributed by atoms with van der Waals surface area (Å²) in [6.07, 6.45) is 5.88. The standard InChI is InChI=1S/C37H33N5O/c1-24-15-16-38-36(17-24)42-34-12-7-6-11-32(34)33-14-13-31(21-35(33)42)43-30-10-8-9-28(20-30)41-23-27(22-39-41)37-25(2)18-29(40(4)5)19-26(37)3/h6-23H,1-5H3. The van der Waals surface area contributed by atoms with Crippen molar-refractivity contribution in [1.82, 2.24) is 19.3 Å². The molecule has 0 bridgehead atoms. The van der Waals surface area contributed by atoms with Gasteiger partial charge in [0.25, 0.3) is 0 Å². The smallest absolute Gasteiger partial charge is 0.137 e. The van der Waals surface area contributed by atoms with E-state index in [-0.39, 0.29) is 0 Å². The molecule has 212 valence electrons. The van der Waals surface area contributed by atoms with E-state index in [2.05, 4.69) is 105 Å². The molecule has 0 aliphatic rings. The van der Waals surface area contributed by atoms with Crippen LogP contribution in [0.1, 0.15) is 16.7 Å². The van der Waals surface area contributed by atoms with Crippen molar-refractivity contribution in [2.24, 2.45) is 0 Å². The SMILES string of the molecule is Cc1ccnc(-n2c3ccccc3c3ccc(Oc4cccc(-n5cc(-c6c(C)cc(N(C)C)cc6C)cn5)c4)cc32)c1. The van der Waals surface area contributed by atoms with Gasteiger partial charge in [-0.15, -0.1) is 0 Å². The summed E-state index contributed by atoms with van der Waals surface area (Å²) in [4.78, 5) is 6.83. The lowest BCUT2D eigenvalue weighted by atomic mass is 9.97. The number of nitrogens with zero attached hydrogens (tertiary/aromatic N) is 5. The number of hydrogen-bond acceptors (Lipinski definition) is 4. The number of rotatable bonds is 6. The van der Waals surface area contributed by atoms with Crippen molar-refractivity contribution in [2.45, 2.75) is 20.8 Å². The van der Waals surface area contributed by atoms with Crippen LogP contribution >= 0.6 is 0 Å². The van der Waals surface area contributed by atoms with Crippen LogP contribution in [-0.2, 0) is 0 Å². The van der Waals surface area contributed by atoms with E-state index in [9.17, 15) is 0 Å². The van der Waals surface area contributed by atoms with Gasteiger partial charge in [-0.05, 0) is 97.6 Å². The lowest BCUT2D eigenvalue weighted by Crippen LogP contribution is -2.09. The Hall–Kier alpha value is -5.36. The van der Waals surface area contributed by atoms with Crippen molar-refractivity contribution < 1.29 is 4.74 Å². The second-order valence-electron chi connectivity index (χ2n) is 11.3. The van der Waals surface area contributed by atoms with Crippen LogP contribution in [0.15, 0.2) is 110 Å². The molecule has 0 N–H and O–H groups in total. The van der Waals surface area contributed by atoms with Crippen molar-refractivity contribution in [2.75, 3.05) is 19.0 Å². The monoisotopic (exact) mass is 563 g/mol. The number of aryl methyl sites for hydroxylation is 3. The van der Waals surface area contributed by atoms with Gasteiger partial charge in [-0.2, -0.15) is 5.10 Å². The molecule has 43 heavy (non-hydrogen) atoms. The number of pyridine rings is 1. The first-order valence-corrected chi connectivity index (χ1v) is 14.4. The number of ether oxygens (including phenoxy) is 1. The molecule has 3 heterocycles. The maximum absolute atomic E-state index is 6.44. The molecule has 6 heteroatoms. The van der Waals surface area contributed by atoms with Crippen LogP contribution in [0.4, 0.5) is 5.69 Å². The maximum atomic E-state index is 6.44. The zero-order valence-electron chi connectivity index (χ0n) is 25.0. The number of anilines is 1. The maximum Gasteiger partial charge on any atom is 0.137 e. The lowest BCUT2D eigenvalue weighted by molar-refractivity contribution is 0.483. The van der Waals surface area contributed by atoms with Gasteiger partial charge < -0.3 is 9.64 Å². The van der Waals surface area contributed by atoms with E-state index < -0.39 is 0 Å². The van der Waals surface area contributed by atoms with E-state index in [1.54, 1.807) is 0 Å². The van der Waals surface area contributed by atoms with Crippen molar-refractivity contribution in [3.63, 3.8) is 0 Å². The zero-order valence-corrected chi connectivity index (χ0v) is 25.0. The zero-order chi connectivity index (χ0) is 29.7. The Morgan fingerprint density at radius 2 is 1.49 bits per heavy atom. The Bertz CT molecular complexity index is 2110. The van der Waals surface area contributed by atoms with E-state index in [0.717, 1.165) is 50.6 Å². The lowest BCUT2D eigenvalue weighted by Gasteiger charge is -2.17. The molecule has 0 saturated carbocycles. The number of benzene rings is 4. The molecule has 0 amide bonds. The third-order valence-corrected chi connectivity index (χ3v) is 8.00. The van der Waals surface area contributed by atoms with Crippen molar-refractivity contribution in [3.8, 4) is 34.1 Å². The van der Waals surface area contributed by atoms with Crippen LogP contribution in [0, 0.1) is 20.8 Å². The molecule has 0 saturated heterocycles. The van der Waals surface area contributed by atoms with Gasteiger partial charge in [0.15, 0.2) is 0 Å². The third kappa shape index (κ3) is 4.81. The quantitative estimate of drug-likeness (QED) is 0.203. The Morgan fingerprint density at radius 1 is 0.721 bits per heavy atom. The minimum Gasteiger partial charge on any atom is -0.457 e. The molecule has 0 unspecified atom stereocenters. The summed E-state index contributed by atoms with van der Waals surface area (Å²) in [5, 5.41) is 7.05. The van der Waals surface area contributed by atoms with Gasteiger partial charge in [-0.3, -0.25) is 4.57 Å².